The maximum atomic E-state index is 13.1. The number of carbonyl (C=O) groups excluding carboxylic acids is 1. The van der Waals surface area contributed by atoms with E-state index >= 15 is 0 Å². The molecule has 2 aromatic heterocycles. The van der Waals surface area contributed by atoms with E-state index in [4.69, 9.17) is 9.47 Å². The van der Waals surface area contributed by atoms with Crippen LogP contribution in [0.4, 0.5) is 0 Å². The molecule has 1 amide bonds. The van der Waals surface area contributed by atoms with Crippen molar-refractivity contribution in [2.45, 2.75) is 38.2 Å². The van der Waals surface area contributed by atoms with E-state index < -0.39 is 6.10 Å². The van der Waals surface area contributed by atoms with Crippen molar-refractivity contribution in [2.24, 2.45) is 0 Å². The summed E-state index contributed by atoms with van der Waals surface area (Å²) in [7, 11) is 1.60. The molecule has 0 radical (unpaired) electrons. The Hall–Kier alpha value is -3.68. The molecule has 1 saturated heterocycles. The van der Waals surface area contributed by atoms with Gasteiger partial charge in [0.15, 0.2) is 6.10 Å². The number of ether oxygens (including phenoxy) is 2. The molecule has 1 N–H and O–H groups in total. The second-order valence-electron chi connectivity index (χ2n) is 8.02. The van der Waals surface area contributed by atoms with Gasteiger partial charge in [-0.3, -0.25) is 14.6 Å². The van der Waals surface area contributed by atoms with Gasteiger partial charge < -0.3 is 19.4 Å². The van der Waals surface area contributed by atoms with Crippen molar-refractivity contribution in [3.8, 4) is 22.9 Å². The average Bonchev–Trinajstić information content (AvgIpc) is 2.87. The highest BCUT2D eigenvalue weighted by Crippen LogP contribution is 2.27. The molecule has 1 aromatic carbocycles. The Morgan fingerprint density at radius 2 is 1.91 bits per heavy atom. The first kappa shape index (κ1) is 22.5. The van der Waals surface area contributed by atoms with Crippen LogP contribution in [-0.4, -0.2) is 52.1 Å². The topological polar surface area (TPSA) is 97.4 Å². The summed E-state index contributed by atoms with van der Waals surface area (Å²) in [6.07, 6.45) is 3.13. The van der Waals surface area contributed by atoms with Gasteiger partial charge in [0, 0.05) is 37.3 Å². The monoisotopic (exact) mass is 448 g/mol. The van der Waals surface area contributed by atoms with Crippen molar-refractivity contribution >= 4 is 5.91 Å². The molecule has 1 aliphatic rings. The number of piperidine rings is 1. The van der Waals surface area contributed by atoms with Crippen LogP contribution >= 0.6 is 0 Å². The second-order valence-corrected chi connectivity index (χ2v) is 8.02. The quantitative estimate of drug-likeness (QED) is 0.595. The van der Waals surface area contributed by atoms with Crippen molar-refractivity contribution in [3.05, 3.63) is 70.9 Å². The van der Waals surface area contributed by atoms with Gasteiger partial charge in [-0.1, -0.05) is 19.1 Å². The van der Waals surface area contributed by atoms with Crippen LogP contribution in [0.2, 0.25) is 0 Å². The Morgan fingerprint density at radius 3 is 2.61 bits per heavy atom. The second kappa shape index (κ2) is 10.3. The summed E-state index contributed by atoms with van der Waals surface area (Å²) in [5.41, 5.74) is 1.03. The van der Waals surface area contributed by atoms with E-state index in [2.05, 4.69) is 15.0 Å². The molecule has 0 spiro atoms. The molecule has 3 aromatic rings. The van der Waals surface area contributed by atoms with Gasteiger partial charge in [-0.05, 0) is 43.5 Å². The normalized spacial score (nSPS) is 15.2. The van der Waals surface area contributed by atoms with Gasteiger partial charge in [0.1, 0.15) is 17.3 Å². The van der Waals surface area contributed by atoms with Crippen molar-refractivity contribution in [2.75, 3.05) is 20.2 Å². The third kappa shape index (κ3) is 5.39. The van der Waals surface area contributed by atoms with E-state index in [0.717, 1.165) is 12.8 Å². The molecular formula is C25H28N4O4. The maximum Gasteiger partial charge on any atom is 0.263 e. The standard InChI is InChI=1S/C25H28N4O4/c1-3-22(33-19-8-6-7-18(15-19)32-2)25(31)29-13-10-17(11-14-29)24-27-21(16-23(30)28-24)20-9-4-5-12-26-20/h4-9,12,15-17,22H,3,10-11,13-14H2,1-2H3,(H,27,28,30)/t22-/m1/s1. The van der Waals surface area contributed by atoms with Crippen LogP contribution in [-0.2, 0) is 4.79 Å². The van der Waals surface area contributed by atoms with Crippen LogP contribution in [0.5, 0.6) is 11.5 Å². The molecule has 1 atom stereocenters. The minimum absolute atomic E-state index is 0.0255. The number of nitrogens with zero attached hydrogens (tertiary/aromatic N) is 3. The van der Waals surface area contributed by atoms with Crippen molar-refractivity contribution in [3.63, 3.8) is 0 Å². The minimum atomic E-state index is -0.556. The van der Waals surface area contributed by atoms with Crippen LogP contribution < -0.4 is 15.0 Å². The first-order chi connectivity index (χ1) is 16.1. The fraction of sp³-hybridized carbons (Fsp3) is 0.360. The number of rotatable bonds is 7. The van der Waals surface area contributed by atoms with Crippen molar-refractivity contribution in [1.82, 2.24) is 19.9 Å². The molecule has 0 aliphatic carbocycles. The molecule has 4 rings (SSSR count). The lowest BCUT2D eigenvalue weighted by atomic mass is 9.95. The highest BCUT2D eigenvalue weighted by atomic mass is 16.5. The molecule has 1 aliphatic heterocycles. The van der Waals surface area contributed by atoms with E-state index in [-0.39, 0.29) is 17.4 Å². The molecule has 3 heterocycles. The van der Waals surface area contributed by atoms with E-state index in [1.807, 2.05) is 48.2 Å². The number of carbonyl (C=O) groups is 1. The van der Waals surface area contributed by atoms with Crippen LogP contribution in [0.15, 0.2) is 59.5 Å². The molecule has 8 nitrogen and oxygen atoms in total. The molecule has 172 valence electrons. The summed E-state index contributed by atoms with van der Waals surface area (Å²) >= 11 is 0. The van der Waals surface area contributed by atoms with E-state index in [9.17, 15) is 9.59 Å². The largest absolute Gasteiger partial charge is 0.497 e. The third-order valence-electron chi connectivity index (χ3n) is 5.85. The van der Waals surface area contributed by atoms with Gasteiger partial charge >= 0.3 is 0 Å². The van der Waals surface area contributed by atoms with Gasteiger partial charge in [0.25, 0.3) is 11.5 Å². The molecular weight excluding hydrogens is 420 g/mol. The molecule has 8 heteroatoms. The van der Waals surface area contributed by atoms with Crippen molar-refractivity contribution < 1.29 is 14.3 Å². The molecule has 33 heavy (non-hydrogen) atoms. The number of aromatic amines is 1. The Labute approximate surface area is 192 Å². The third-order valence-corrected chi connectivity index (χ3v) is 5.85. The zero-order chi connectivity index (χ0) is 23.2. The summed E-state index contributed by atoms with van der Waals surface area (Å²) in [6.45, 7) is 3.10. The fourth-order valence-corrected chi connectivity index (χ4v) is 4.04. The summed E-state index contributed by atoms with van der Waals surface area (Å²) in [5.74, 6) is 1.99. The minimum Gasteiger partial charge on any atom is -0.497 e. The number of hydrogen-bond donors (Lipinski definition) is 1. The Morgan fingerprint density at radius 1 is 1.12 bits per heavy atom. The Kier molecular flexibility index (Phi) is 7.02. The van der Waals surface area contributed by atoms with E-state index in [1.165, 1.54) is 6.07 Å². The maximum absolute atomic E-state index is 13.1. The Balaban J connectivity index is 1.41. The summed E-state index contributed by atoms with van der Waals surface area (Å²) in [5, 5.41) is 0. The zero-order valence-electron chi connectivity index (χ0n) is 18.9. The van der Waals surface area contributed by atoms with Crippen LogP contribution in [0.25, 0.3) is 11.4 Å². The predicted molar refractivity (Wildman–Crippen MR) is 124 cm³/mol. The molecule has 0 saturated carbocycles. The lowest BCUT2D eigenvalue weighted by Crippen LogP contribution is -2.45. The number of nitrogens with one attached hydrogen (secondary N) is 1. The Bertz CT molecular complexity index is 1140. The highest BCUT2D eigenvalue weighted by Gasteiger charge is 2.30. The summed E-state index contributed by atoms with van der Waals surface area (Å²) in [4.78, 5) is 39.0. The van der Waals surface area contributed by atoms with Gasteiger partial charge in [0.05, 0.1) is 18.5 Å². The lowest BCUT2D eigenvalue weighted by molar-refractivity contribution is -0.140. The van der Waals surface area contributed by atoms with Gasteiger partial charge in [-0.25, -0.2) is 4.98 Å². The number of aromatic nitrogens is 3. The van der Waals surface area contributed by atoms with Crippen LogP contribution in [0.3, 0.4) is 0 Å². The molecule has 0 bridgehead atoms. The van der Waals surface area contributed by atoms with E-state index in [0.29, 0.717) is 48.2 Å². The number of likely N-dealkylation sites (tertiary alicyclic amines) is 1. The first-order valence-electron chi connectivity index (χ1n) is 11.2. The van der Waals surface area contributed by atoms with Crippen LogP contribution in [0.1, 0.15) is 37.9 Å². The zero-order valence-corrected chi connectivity index (χ0v) is 18.9. The number of amides is 1. The number of pyridine rings is 1. The molecule has 0 unspecified atom stereocenters. The van der Waals surface area contributed by atoms with Crippen molar-refractivity contribution in [1.29, 1.82) is 0 Å². The predicted octanol–water partition coefficient (Wildman–Crippen LogP) is 3.40. The molecule has 1 fully saturated rings. The lowest BCUT2D eigenvalue weighted by Gasteiger charge is -2.33. The summed E-state index contributed by atoms with van der Waals surface area (Å²) in [6, 6.07) is 14.3. The van der Waals surface area contributed by atoms with Crippen LogP contribution in [0, 0.1) is 0 Å². The fourth-order valence-electron chi connectivity index (χ4n) is 4.04. The van der Waals surface area contributed by atoms with E-state index in [1.54, 1.807) is 19.4 Å². The number of H-pyrrole nitrogens is 1. The number of benzene rings is 1. The van der Waals surface area contributed by atoms with Gasteiger partial charge in [0.2, 0.25) is 0 Å². The number of methoxy groups -OCH3 is 1. The smallest absolute Gasteiger partial charge is 0.263 e. The average molecular weight is 449 g/mol. The SMILES string of the molecule is CC[C@@H](Oc1cccc(OC)c1)C(=O)N1CCC(c2nc(-c3ccccn3)cc(=O)[nH]2)CC1. The number of hydrogen-bond acceptors (Lipinski definition) is 6. The van der Waals surface area contributed by atoms with Gasteiger partial charge in [-0.2, -0.15) is 0 Å². The highest BCUT2D eigenvalue weighted by molar-refractivity contribution is 5.81. The van der Waals surface area contributed by atoms with Gasteiger partial charge in [-0.15, -0.1) is 0 Å². The summed E-state index contributed by atoms with van der Waals surface area (Å²) < 4.78 is 11.2. The first-order valence-corrected chi connectivity index (χ1v) is 11.2.